The summed E-state index contributed by atoms with van der Waals surface area (Å²) in [7, 11) is 3.06. The molecule has 26 heavy (non-hydrogen) atoms. The van der Waals surface area contributed by atoms with E-state index in [-0.39, 0.29) is 18.1 Å². The van der Waals surface area contributed by atoms with E-state index in [1.165, 1.54) is 13.2 Å². The minimum atomic E-state index is -0.843. The van der Waals surface area contributed by atoms with Crippen LogP contribution < -0.4 is 10.6 Å². The fourth-order valence-electron chi connectivity index (χ4n) is 2.91. The topological polar surface area (TPSA) is 66.0 Å². The number of carbonyl (C=O) groups is 1. The molecule has 144 valence electrons. The predicted octanol–water partition coefficient (Wildman–Crippen LogP) is 2.46. The van der Waals surface area contributed by atoms with Crippen LogP contribution in [0.2, 0.25) is 0 Å². The zero-order valence-electron chi connectivity index (χ0n) is 15.4. The van der Waals surface area contributed by atoms with Crippen molar-refractivity contribution < 1.29 is 18.3 Å². The molecule has 1 heterocycles. The first kappa shape index (κ1) is 19.9. The van der Waals surface area contributed by atoms with Crippen LogP contribution >= 0.6 is 0 Å². The van der Waals surface area contributed by atoms with E-state index in [1.807, 2.05) is 6.92 Å². The van der Waals surface area contributed by atoms with Gasteiger partial charge in [-0.2, -0.15) is 0 Å². The van der Waals surface area contributed by atoms with Crippen molar-refractivity contribution in [2.75, 3.05) is 33.8 Å². The van der Waals surface area contributed by atoms with E-state index in [1.54, 1.807) is 18.0 Å². The number of carbonyl (C=O) groups excluding carboxylic acids is 1. The molecule has 0 saturated carbocycles. The van der Waals surface area contributed by atoms with E-state index in [2.05, 4.69) is 15.6 Å². The summed E-state index contributed by atoms with van der Waals surface area (Å²) >= 11 is 0. The van der Waals surface area contributed by atoms with Crippen molar-refractivity contribution in [2.45, 2.75) is 31.7 Å². The Morgan fingerprint density at radius 3 is 2.62 bits per heavy atom. The number of guanidine groups is 1. The molecule has 0 bridgehead atoms. The number of halogens is 2. The number of aliphatic imine (C=N–C) groups is 1. The lowest BCUT2D eigenvalue weighted by molar-refractivity contribution is 0.111. The van der Waals surface area contributed by atoms with Crippen molar-refractivity contribution in [3.8, 4) is 0 Å². The molecule has 1 aromatic rings. The highest BCUT2D eigenvalue weighted by molar-refractivity contribution is 5.80. The molecule has 8 heteroatoms. The molecular weight excluding hydrogens is 342 g/mol. The van der Waals surface area contributed by atoms with Gasteiger partial charge in [0.15, 0.2) is 17.6 Å². The molecular formula is C18H26F2N4O2. The summed E-state index contributed by atoms with van der Waals surface area (Å²) in [5.74, 6) is -1.04. The van der Waals surface area contributed by atoms with Gasteiger partial charge in [0.2, 0.25) is 0 Å². The number of nitrogens with one attached hydrogen (secondary N) is 2. The average molecular weight is 368 g/mol. The third-order valence-corrected chi connectivity index (χ3v) is 4.58. The van der Waals surface area contributed by atoms with Crippen molar-refractivity contribution in [3.05, 3.63) is 35.4 Å². The maximum absolute atomic E-state index is 13.4. The van der Waals surface area contributed by atoms with Crippen LogP contribution in [-0.2, 0) is 4.74 Å². The van der Waals surface area contributed by atoms with E-state index in [0.29, 0.717) is 25.6 Å². The van der Waals surface area contributed by atoms with Gasteiger partial charge in [-0.3, -0.25) is 4.99 Å². The lowest BCUT2D eigenvalue weighted by Crippen LogP contribution is -2.50. The lowest BCUT2D eigenvalue weighted by atomic mass is 10.0. The van der Waals surface area contributed by atoms with Crippen LogP contribution in [0.15, 0.2) is 23.2 Å². The standard InChI is InChI=1S/C18H26F2N4O2/c1-12(13-4-5-15(19)16(20)10-13)11-22-17(21-2)23-14-6-8-24(9-7-14)18(25)26-3/h4-5,10,12,14H,6-9,11H2,1-3H3,(H2,21,22,23). The molecule has 1 saturated heterocycles. The largest absolute Gasteiger partial charge is 0.453 e. The van der Waals surface area contributed by atoms with Gasteiger partial charge in [0.05, 0.1) is 7.11 Å². The third kappa shape index (κ3) is 5.31. The molecule has 1 aromatic carbocycles. The molecule has 0 radical (unpaired) electrons. The SMILES string of the molecule is CN=C(NCC(C)c1ccc(F)c(F)c1)NC1CCN(C(=O)OC)CC1. The van der Waals surface area contributed by atoms with Gasteiger partial charge in [0, 0.05) is 32.7 Å². The monoisotopic (exact) mass is 368 g/mol. The van der Waals surface area contributed by atoms with E-state index in [0.717, 1.165) is 24.5 Å². The Bertz CT molecular complexity index is 646. The summed E-state index contributed by atoms with van der Waals surface area (Å²) in [6, 6.07) is 4.16. The van der Waals surface area contributed by atoms with Gasteiger partial charge in [0.25, 0.3) is 0 Å². The molecule has 1 aliphatic rings. The molecule has 2 N–H and O–H groups in total. The van der Waals surface area contributed by atoms with Crippen LogP contribution in [0.3, 0.4) is 0 Å². The van der Waals surface area contributed by atoms with Gasteiger partial charge < -0.3 is 20.3 Å². The molecule has 1 amide bonds. The highest BCUT2D eigenvalue weighted by Crippen LogP contribution is 2.17. The molecule has 0 aliphatic carbocycles. The van der Waals surface area contributed by atoms with Gasteiger partial charge >= 0.3 is 6.09 Å². The molecule has 6 nitrogen and oxygen atoms in total. The summed E-state index contributed by atoms with van der Waals surface area (Å²) < 4.78 is 31.1. The second-order valence-electron chi connectivity index (χ2n) is 6.40. The van der Waals surface area contributed by atoms with Crippen molar-refractivity contribution >= 4 is 12.1 Å². The first-order chi connectivity index (χ1) is 12.4. The van der Waals surface area contributed by atoms with Crippen LogP contribution in [-0.4, -0.2) is 56.8 Å². The number of hydrogen-bond acceptors (Lipinski definition) is 3. The number of amides is 1. The quantitative estimate of drug-likeness (QED) is 0.633. The summed E-state index contributed by atoms with van der Waals surface area (Å²) in [5, 5.41) is 6.55. The van der Waals surface area contributed by atoms with E-state index < -0.39 is 11.6 Å². The molecule has 0 spiro atoms. The Labute approximate surface area is 152 Å². The first-order valence-electron chi connectivity index (χ1n) is 8.69. The Hall–Kier alpha value is -2.38. The zero-order valence-corrected chi connectivity index (χ0v) is 15.4. The van der Waals surface area contributed by atoms with Gasteiger partial charge in [-0.25, -0.2) is 13.6 Å². The number of benzene rings is 1. The highest BCUT2D eigenvalue weighted by atomic mass is 19.2. The van der Waals surface area contributed by atoms with Crippen molar-refractivity contribution in [1.29, 1.82) is 0 Å². The molecule has 1 fully saturated rings. The number of nitrogens with zero attached hydrogens (tertiary/aromatic N) is 2. The third-order valence-electron chi connectivity index (χ3n) is 4.58. The van der Waals surface area contributed by atoms with Crippen molar-refractivity contribution in [2.24, 2.45) is 4.99 Å². The minimum absolute atomic E-state index is 0.00942. The molecule has 1 aliphatic heterocycles. The average Bonchev–Trinajstić information content (AvgIpc) is 2.66. The van der Waals surface area contributed by atoms with E-state index >= 15 is 0 Å². The first-order valence-corrected chi connectivity index (χ1v) is 8.69. The summed E-state index contributed by atoms with van der Waals surface area (Å²) in [5.41, 5.74) is 0.721. The minimum Gasteiger partial charge on any atom is -0.453 e. The molecule has 2 rings (SSSR count). The second-order valence-corrected chi connectivity index (χ2v) is 6.40. The maximum atomic E-state index is 13.4. The Morgan fingerprint density at radius 2 is 2.04 bits per heavy atom. The van der Waals surface area contributed by atoms with Gasteiger partial charge in [-0.1, -0.05) is 13.0 Å². The van der Waals surface area contributed by atoms with Crippen LogP contribution in [0.25, 0.3) is 0 Å². The summed E-state index contributed by atoms with van der Waals surface area (Å²) in [4.78, 5) is 17.4. The van der Waals surface area contributed by atoms with Crippen molar-refractivity contribution in [1.82, 2.24) is 15.5 Å². The number of ether oxygens (including phenoxy) is 1. The Kier molecular flexibility index (Phi) is 7.17. The summed E-state index contributed by atoms with van der Waals surface area (Å²) in [6.07, 6.45) is 1.30. The molecule has 1 unspecified atom stereocenters. The van der Waals surface area contributed by atoms with E-state index in [4.69, 9.17) is 4.74 Å². The number of methoxy groups -OCH3 is 1. The van der Waals surface area contributed by atoms with Crippen LogP contribution in [0.5, 0.6) is 0 Å². The van der Waals surface area contributed by atoms with Crippen LogP contribution in [0.4, 0.5) is 13.6 Å². The fraction of sp³-hybridized carbons (Fsp3) is 0.556. The maximum Gasteiger partial charge on any atom is 0.409 e. The number of likely N-dealkylation sites (tertiary alicyclic amines) is 1. The number of hydrogen-bond donors (Lipinski definition) is 2. The Morgan fingerprint density at radius 1 is 1.35 bits per heavy atom. The second kappa shape index (κ2) is 9.35. The highest BCUT2D eigenvalue weighted by Gasteiger charge is 2.23. The van der Waals surface area contributed by atoms with Crippen molar-refractivity contribution in [3.63, 3.8) is 0 Å². The Balaban J connectivity index is 1.81. The smallest absolute Gasteiger partial charge is 0.409 e. The van der Waals surface area contributed by atoms with Gasteiger partial charge in [0.1, 0.15) is 0 Å². The fourth-order valence-corrected chi connectivity index (χ4v) is 2.91. The van der Waals surface area contributed by atoms with E-state index in [9.17, 15) is 13.6 Å². The van der Waals surface area contributed by atoms with Gasteiger partial charge in [-0.15, -0.1) is 0 Å². The summed E-state index contributed by atoms with van der Waals surface area (Å²) in [6.45, 7) is 3.73. The van der Waals surface area contributed by atoms with Crippen LogP contribution in [0.1, 0.15) is 31.2 Å². The lowest BCUT2D eigenvalue weighted by Gasteiger charge is -2.32. The zero-order chi connectivity index (χ0) is 19.1. The number of piperidine rings is 1. The molecule has 1 atom stereocenters. The predicted molar refractivity (Wildman–Crippen MR) is 96.3 cm³/mol. The number of rotatable bonds is 4. The van der Waals surface area contributed by atoms with Crippen LogP contribution in [0, 0.1) is 11.6 Å². The normalized spacial score (nSPS) is 17.0. The van der Waals surface area contributed by atoms with Gasteiger partial charge in [-0.05, 0) is 36.5 Å². The molecule has 0 aromatic heterocycles.